The number of piperazine rings is 1. The smallest absolute Gasteiger partial charge is 0.318 e. The number of rotatable bonds is 9. The summed E-state index contributed by atoms with van der Waals surface area (Å²) in [5.41, 5.74) is 3.26. The van der Waals surface area contributed by atoms with Crippen molar-refractivity contribution in [3.8, 4) is 12.1 Å². The lowest BCUT2D eigenvalue weighted by Crippen LogP contribution is -2.55. The SMILES string of the molecule is C=CC(=O)N1CCN(c2nc(OCC3(CN(C)C)CC3)nc3c2C[C@H](C)N(c2cccc4cccc(Cl)c24)C3)C[C@H]1CC#N. The van der Waals surface area contributed by atoms with Crippen molar-refractivity contribution in [2.45, 2.75) is 51.2 Å². The van der Waals surface area contributed by atoms with E-state index in [9.17, 15) is 10.1 Å². The first-order chi connectivity index (χ1) is 21.2. The molecule has 1 amide bonds. The maximum Gasteiger partial charge on any atom is 0.318 e. The van der Waals surface area contributed by atoms with Gasteiger partial charge in [0.1, 0.15) is 5.82 Å². The Labute approximate surface area is 264 Å². The predicted octanol–water partition coefficient (Wildman–Crippen LogP) is 5.07. The van der Waals surface area contributed by atoms with E-state index < -0.39 is 0 Å². The molecule has 0 N–H and O–H groups in total. The third-order valence-corrected chi connectivity index (χ3v) is 9.54. The van der Waals surface area contributed by atoms with E-state index >= 15 is 0 Å². The molecule has 1 aromatic heterocycles. The topological polar surface area (TPSA) is 88.8 Å². The molecule has 6 rings (SSSR count). The van der Waals surface area contributed by atoms with Gasteiger partial charge in [-0.1, -0.05) is 42.4 Å². The Balaban J connectivity index is 1.37. The van der Waals surface area contributed by atoms with Gasteiger partial charge in [-0.15, -0.1) is 0 Å². The van der Waals surface area contributed by atoms with E-state index in [1.165, 1.54) is 6.08 Å². The summed E-state index contributed by atoms with van der Waals surface area (Å²) < 4.78 is 6.39. The fourth-order valence-corrected chi connectivity index (χ4v) is 7.15. The summed E-state index contributed by atoms with van der Waals surface area (Å²) in [5, 5.41) is 12.4. The van der Waals surface area contributed by atoms with E-state index in [0.717, 1.165) is 64.4 Å². The average molecular weight is 614 g/mol. The van der Waals surface area contributed by atoms with E-state index in [0.29, 0.717) is 38.8 Å². The minimum absolute atomic E-state index is 0.137. The average Bonchev–Trinajstić information content (AvgIpc) is 3.77. The van der Waals surface area contributed by atoms with Crippen LogP contribution in [-0.2, 0) is 17.8 Å². The van der Waals surface area contributed by atoms with Crippen LogP contribution in [0.2, 0.25) is 5.02 Å². The van der Waals surface area contributed by atoms with Crippen molar-refractivity contribution in [3.63, 3.8) is 0 Å². The summed E-state index contributed by atoms with van der Waals surface area (Å²) in [6.07, 6.45) is 4.57. The number of nitriles is 1. The van der Waals surface area contributed by atoms with E-state index in [4.69, 9.17) is 26.3 Å². The molecule has 44 heavy (non-hydrogen) atoms. The quantitative estimate of drug-likeness (QED) is 0.309. The van der Waals surface area contributed by atoms with Crippen molar-refractivity contribution < 1.29 is 9.53 Å². The molecule has 0 spiro atoms. The van der Waals surface area contributed by atoms with Gasteiger partial charge in [0, 0.05) is 54.3 Å². The molecule has 1 saturated heterocycles. The fourth-order valence-electron chi connectivity index (χ4n) is 6.87. The summed E-state index contributed by atoms with van der Waals surface area (Å²) in [5.74, 6) is 0.700. The third-order valence-electron chi connectivity index (χ3n) is 9.23. The van der Waals surface area contributed by atoms with Gasteiger partial charge in [-0.2, -0.15) is 15.2 Å². The zero-order valence-electron chi connectivity index (χ0n) is 25.8. The van der Waals surface area contributed by atoms with Gasteiger partial charge in [-0.25, -0.2) is 0 Å². The second-order valence-corrected chi connectivity index (χ2v) is 13.2. The molecule has 230 valence electrons. The normalized spacial score (nSPS) is 20.8. The van der Waals surface area contributed by atoms with Gasteiger partial charge in [0.2, 0.25) is 5.91 Å². The van der Waals surface area contributed by atoms with Crippen LogP contribution in [0.15, 0.2) is 49.1 Å². The lowest BCUT2D eigenvalue weighted by molar-refractivity contribution is -0.128. The number of anilines is 2. The van der Waals surface area contributed by atoms with E-state index in [1.807, 2.05) is 12.1 Å². The Morgan fingerprint density at radius 3 is 2.70 bits per heavy atom. The Bertz CT molecular complexity index is 1610. The van der Waals surface area contributed by atoms with Gasteiger partial charge in [-0.05, 0) is 63.9 Å². The number of amides is 1. The van der Waals surface area contributed by atoms with Crippen molar-refractivity contribution >= 4 is 39.8 Å². The molecular formula is C34H40ClN7O2. The van der Waals surface area contributed by atoms with E-state index in [-0.39, 0.29) is 29.8 Å². The van der Waals surface area contributed by atoms with E-state index in [2.05, 4.69) is 72.6 Å². The lowest BCUT2D eigenvalue weighted by atomic mass is 9.96. The number of hydrogen-bond acceptors (Lipinski definition) is 8. The highest BCUT2D eigenvalue weighted by Gasteiger charge is 2.44. The minimum atomic E-state index is -0.251. The first-order valence-corrected chi connectivity index (χ1v) is 15.8. The maximum atomic E-state index is 12.6. The van der Waals surface area contributed by atoms with Crippen LogP contribution >= 0.6 is 11.6 Å². The summed E-state index contributed by atoms with van der Waals surface area (Å²) in [6, 6.07) is 14.9. The van der Waals surface area contributed by atoms with Crippen molar-refractivity contribution in [1.29, 1.82) is 5.26 Å². The second kappa shape index (κ2) is 12.3. The van der Waals surface area contributed by atoms with Crippen LogP contribution in [0, 0.1) is 16.7 Å². The molecule has 2 aromatic carbocycles. The number of hydrogen-bond donors (Lipinski definition) is 0. The maximum absolute atomic E-state index is 12.6. The Morgan fingerprint density at radius 2 is 2.00 bits per heavy atom. The summed E-state index contributed by atoms with van der Waals surface area (Å²) in [7, 11) is 4.19. The number of fused-ring (bicyclic) bond motifs is 2. The van der Waals surface area contributed by atoms with Gasteiger partial charge in [-0.3, -0.25) is 4.79 Å². The number of nitrogens with zero attached hydrogens (tertiary/aromatic N) is 7. The van der Waals surface area contributed by atoms with Crippen molar-refractivity contribution in [3.05, 3.63) is 65.3 Å². The van der Waals surface area contributed by atoms with Gasteiger partial charge in [0.05, 0.1) is 42.4 Å². The molecule has 0 bridgehead atoms. The van der Waals surface area contributed by atoms with Crippen molar-refractivity contribution in [2.24, 2.45) is 5.41 Å². The number of halogens is 1. The van der Waals surface area contributed by atoms with Gasteiger partial charge < -0.3 is 24.3 Å². The highest BCUT2D eigenvalue weighted by molar-refractivity contribution is 6.36. The number of aromatic nitrogens is 2. The van der Waals surface area contributed by atoms with Crippen LogP contribution in [0.25, 0.3) is 10.8 Å². The summed E-state index contributed by atoms with van der Waals surface area (Å²) >= 11 is 6.75. The predicted molar refractivity (Wildman–Crippen MR) is 174 cm³/mol. The van der Waals surface area contributed by atoms with Crippen molar-refractivity contribution in [2.75, 3.05) is 56.7 Å². The first kappa shape index (κ1) is 30.2. The van der Waals surface area contributed by atoms with E-state index in [1.54, 1.807) is 4.90 Å². The highest BCUT2D eigenvalue weighted by atomic mass is 35.5. The Kier molecular flexibility index (Phi) is 8.40. The van der Waals surface area contributed by atoms with Crippen LogP contribution < -0.4 is 14.5 Å². The minimum Gasteiger partial charge on any atom is -0.463 e. The number of carbonyl (C=O) groups excluding carboxylic acids is 1. The highest BCUT2D eigenvalue weighted by Crippen LogP contribution is 2.46. The molecule has 3 heterocycles. The molecule has 2 fully saturated rings. The van der Waals surface area contributed by atoms with Crippen LogP contribution in [-0.4, -0.2) is 84.6 Å². The molecule has 0 unspecified atom stereocenters. The molecular weight excluding hydrogens is 574 g/mol. The Morgan fingerprint density at radius 1 is 1.23 bits per heavy atom. The van der Waals surface area contributed by atoms with Crippen LogP contribution in [0.4, 0.5) is 11.5 Å². The molecule has 2 aliphatic heterocycles. The molecule has 1 saturated carbocycles. The Hall–Kier alpha value is -3.87. The number of carbonyl (C=O) groups is 1. The number of ether oxygens (including phenoxy) is 1. The second-order valence-electron chi connectivity index (χ2n) is 12.8. The monoisotopic (exact) mass is 613 g/mol. The molecule has 3 aliphatic rings. The van der Waals surface area contributed by atoms with Gasteiger partial charge in [0.15, 0.2) is 0 Å². The molecule has 2 atom stereocenters. The zero-order chi connectivity index (χ0) is 31.0. The molecule has 10 heteroatoms. The third kappa shape index (κ3) is 5.93. The molecule has 9 nitrogen and oxygen atoms in total. The van der Waals surface area contributed by atoms with Gasteiger partial charge >= 0.3 is 6.01 Å². The molecule has 1 aliphatic carbocycles. The summed E-state index contributed by atoms with van der Waals surface area (Å²) in [4.78, 5) is 31.2. The fraction of sp³-hybridized carbons (Fsp3) is 0.471. The largest absolute Gasteiger partial charge is 0.463 e. The summed E-state index contributed by atoms with van der Waals surface area (Å²) in [6.45, 7) is 9.62. The number of benzene rings is 2. The lowest BCUT2D eigenvalue weighted by Gasteiger charge is -2.43. The van der Waals surface area contributed by atoms with Crippen molar-refractivity contribution in [1.82, 2.24) is 19.8 Å². The molecule has 0 radical (unpaired) electrons. The van der Waals surface area contributed by atoms with Crippen LogP contribution in [0.3, 0.4) is 0 Å². The molecule has 3 aromatic rings. The van der Waals surface area contributed by atoms with Crippen LogP contribution in [0.5, 0.6) is 6.01 Å². The standard InChI is InChI=1S/C34H40ClN7O2/c1-5-30(43)41-17-16-40(19-25(41)12-15-36)32-26-18-23(2)42(29-11-7-9-24-8-6-10-27(35)31(24)29)20-28(26)37-33(38-32)44-22-34(13-14-34)21-39(3)4/h5-11,23,25H,1,12-14,16-22H2,2-4H3/t23-,25+/m0/s1. The first-order valence-electron chi connectivity index (χ1n) is 15.4. The van der Waals surface area contributed by atoms with Gasteiger partial charge in [0.25, 0.3) is 0 Å². The zero-order valence-corrected chi connectivity index (χ0v) is 26.6. The van der Waals surface area contributed by atoms with Crippen LogP contribution in [0.1, 0.15) is 37.4 Å².